The maximum absolute atomic E-state index is 13.1. The molecule has 33 heavy (non-hydrogen) atoms. The first kappa shape index (κ1) is 21.8. The molecular weight excluding hydrogens is 438 g/mol. The zero-order chi connectivity index (χ0) is 23.0. The third kappa shape index (κ3) is 4.44. The molecule has 1 fully saturated rings. The molecule has 1 saturated heterocycles. The van der Waals surface area contributed by atoms with Crippen LogP contribution in [0.25, 0.3) is 16.7 Å². The van der Waals surface area contributed by atoms with E-state index >= 15 is 0 Å². The Labute approximate surface area is 196 Å². The van der Waals surface area contributed by atoms with Crippen LogP contribution in [-0.2, 0) is 13.1 Å². The van der Waals surface area contributed by atoms with E-state index in [-0.39, 0.29) is 12.1 Å². The summed E-state index contributed by atoms with van der Waals surface area (Å²) in [6, 6.07) is 15.7. The minimum atomic E-state index is -0.943. The van der Waals surface area contributed by atoms with Crippen molar-refractivity contribution >= 4 is 22.6 Å². The average molecular weight is 464 g/mol. The van der Waals surface area contributed by atoms with Crippen molar-refractivity contribution in [2.75, 3.05) is 13.1 Å². The zero-order valence-corrected chi connectivity index (χ0v) is 19.2. The first-order valence-corrected chi connectivity index (χ1v) is 11.5. The molecule has 2 aromatic heterocycles. The molecular formula is C25H26ClN5O2. The Bertz CT molecular complexity index is 1340. The van der Waals surface area contributed by atoms with Crippen molar-refractivity contribution in [3.63, 3.8) is 0 Å². The Hall–Kier alpha value is -3.00. The summed E-state index contributed by atoms with van der Waals surface area (Å²) in [5.41, 5.74) is 2.52. The number of aryl methyl sites for hydroxylation is 1. The Morgan fingerprint density at radius 1 is 1.12 bits per heavy atom. The predicted octanol–water partition coefficient (Wildman–Crippen LogP) is 3.57. The van der Waals surface area contributed by atoms with Crippen molar-refractivity contribution in [1.82, 2.24) is 24.2 Å². The normalized spacial score (nSPS) is 16.3. The molecule has 3 heterocycles. The van der Waals surface area contributed by atoms with Gasteiger partial charge in [-0.1, -0.05) is 41.9 Å². The van der Waals surface area contributed by atoms with Crippen LogP contribution in [-0.4, -0.2) is 48.0 Å². The van der Waals surface area contributed by atoms with Gasteiger partial charge < -0.3 is 5.11 Å². The van der Waals surface area contributed by atoms with Gasteiger partial charge in [-0.15, -0.1) is 0 Å². The summed E-state index contributed by atoms with van der Waals surface area (Å²) < 4.78 is 3.17. The van der Waals surface area contributed by atoms with E-state index in [1.165, 1.54) is 16.5 Å². The van der Waals surface area contributed by atoms with Gasteiger partial charge in [0, 0.05) is 24.7 Å². The fraction of sp³-hybridized carbons (Fsp3) is 0.320. The standard InChI is InChI=1S/C25H26ClN5O2/c1-18-13-19(7-8-22(18)26)15-29-11-9-25(33,10-12-29)16-30-17-27-23-21(24(30)32)14-28-31(23)20-5-3-2-4-6-20/h2-8,13-14,17,33H,9-12,15-16H2,1H3. The molecule has 0 unspecified atom stereocenters. The van der Waals surface area contributed by atoms with Gasteiger partial charge in [-0.3, -0.25) is 14.3 Å². The minimum absolute atomic E-state index is 0.185. The second-order valence-corrected chi connectivity index (χ2v) is 9.30. The van der Waals surface area contributed by atoms with Crippen LogP contribution >= 0.6 is 11.6 Å². The van der Waals surface area contributed by atoms with Gasteiger partial charge in [0.05, 0.1) is 24.0 Å². The topological polar surface area (TPSA) is 76.2 Å². The maximum atomic E-state index is 13.1. The van der Waals surface area contributed by atoms with Crippen molar-refractivity contribution in [3.05, 3.63) is 87.6 Å². The lowest BCUT2D eigenvalue weighted by molar-refractivity contribution is -0.0364. The summed E-state index contributed by atoms with van der Waals surface area (Å²) >= 11 is 6.13. The number of rotatable bonds is 5. The summed E-state index contributed by atoms with van der Waals surface area (Å²) in [5.74, 6) is 0. The Kier molecular flexibility index (Phi) is 5.78. The number of halogens is 1. The number of aromatic nitrogens is 4. The van der Waals surface area contributed by atoms with Gasteiger partial charge in [-0.05, 0) is 49.1 Å². The molecule has 0 aliphatic carbocycles. The molecule has 5 rings (SSSR count). The highest BCUT2D eigenvalue weighted by molar-refractivity contribution is 6.31. The second-order valence-electron chi connectivity index (χ2n) is 8.89. The van der Waals surface area contributed by atoms with Crippen molar-refractivity contribution < 1.29 is 5.11 Å². The largest absolute Gasteiger partial charge is 0.388 e. The van der Waals surface area contributed by atoms with Gasteiger partial charge >= 0.3 is 0 Å². The maximum Gasteiger partial charge on any atom is 0.264 e. The fourth-order valence-electron chi connectivity index (χ4n) is 4.49. The lowest BCUT2D eigenvalue weighted by Gasteiger charge is -2.38. The van der Waals surface area contributed by atoms with Crippen LogP contribution in [0.4, 0.5) is 0 Å². The number of benzene rings is 2. The fourth-order valence-corrected chi connectivity index (χ4v) is 4.60. The number of fused-ring (bicyclic) bond motifs is 1. The summed E-state index contributed by atoms with van der Waals surface area (Å²) in [5, 5.41) is 16.8. The van der Waals surface area contributed by atoms with Crippen molar-refractivity contribution in [1.29, 1.82) is 0 Å². The number of nitrogens with zero attached hydrogens (tertiary/aromatic N) is 5. The van der Waals surface area contributed by atoms with Crippen LogP contribution < -0.4 is 5.56 Å². The van der Waals surface area contributed by atoms with Crippen LogP contribution in [0, 0.1) is 6.92 Å². The quantitative estimate of drug-likeness (QED) is 0.489. The summed E-state index contributed by atoms with van der Waals surface area (Å²) in [7, 11) is 0. The van der Waals surface area contributed by atoms with E-state index in [9.17, 15) is 9.90 Å². The first-order valence-electron chi connectivity index (χ1n) is 11.1. The van der Waals surface area contributed by atoms with Gasteiger partial charge in [0.1, 0.15) is 11.7 Å². The highest BCUT2D eigenvalue weighted by atomic mass is 35.5. The highest BCUT2D eigenvalue weighted by Crippen LogP contribution is 2.26. The minimum Gasteiger partial charge on any atom is -0.388 e. The molecule has 4 aromatic rings. The van der Waals surface area contributed by atoms with E-state index in [1.54, 1.807) is 10.9 Å². The van der Waals surface area contributed by atoms with Crippen LogP contribution in [0.1, 0.15) is 24.0 Å². The van der Waals surface area contributed by atoms with E-state index in [0.717, 1.165) is 35.9 Å². The predicted molar refractivity (Wildman–Crippen MR) is 129 cm³/mol. The van der Waals surface area contributed by atoms with Gasteiger partial charge in [0.15, 0.2) is 5.65 Å². The second kappa shape index (κ2) is 8.74. The van der Waals surface area contributed by atoms with Crippen LogP contribution in [0.5, 0.6) is 0 Å². The van der Waals surface area contributed by atoms with Crippen molar-refractivity contribution in [2.45, 2.75) is 38.5 Å². The number of likely N-dealkylation sites (tertiary alicyclic amines) is 1. The molecule has 7 nitrogen and oxygen atoms in total. The Balaban J connectivity index is 1.29. The van der Waals surface area contributed by atoms with Crippen LogP contribution in [0.3, 0.4) is 0 Å². The molecule has 8 heteroatoms. The zero-order valence-electron chi connectivity index (χ0n) is 18.5. The molecule has 1 aliphatic rings. The molecule has 0 radical (unpaired) electrons. The monoisotopic (exact) mass is 463 g/mol. The third-order valence-corrected chi connectivity index (χ3v) is 6.86. The van der Waals surface area contributed by atoms with E-state index in [2.05, 4.69) is 21.0 Å². The van der Waals surface area contributed by atoms with Gasteiger partial charge in [-0.25, -0.2) is 9.67 Å². The SMILES string of the molecule is Cc1cc(CN2CCC(O)(Cn3cnc4c(cnn4-c4ccccc4)c3=O)CC2)ccc1Cl. The smallest absolute Gasteiger partial charge is 0.264 e. The third-order valence-electron chi connectivity index (χ3n) is 6.44. The number of hydrogen-bond donors (Lipinski definition) is 1. The summed E-state index contributed by atoms with van der Waals surface area (Å²) in [6.45, 7) is 4.56. The van der Waals surface area contributed by atoms with Gasteiger partial charge in [0.2, 0.25) is 0 Å². The lowest BCUT2D eigenvalue weighted by Crippen LogP contribution is -2.47. The average Bonchev–Trinajstić information content (AvgIpc) is 3.25. The summed E-state index contributed by atoms with van der Waals surface area (Å²) in [6.07, 6.45) is 4.25. The summed E-state index contributed by atoms with van der Waals surface area (Å²) in [4.78, 5) is 19.9. The van der Waals surface area contributed by atoms with Crippen LogP contribution in [0.15, 0.2) is 65.8 Å². The lowest BCUT2D eigenvalue weighted by atomic mass is 9.91. The molecule has 0 saturated carbocycles. The van der Waals surface area contributed by atoms with Crippen LogP contribution in [0.2, 0.25) is 5.02 Å². The Morgan fingerprint density at radius 3 is 2.61 bits per heavy atom. The van der Waals surface area contributed by atoms with Crippen molar-refractivity contribution in [2.24, 2.45) is 0 Å². The number of aliphatic hydroxyl groups is 1. The number of hydrogen-bond acceptors (Lipinski definition) is 5. The first-order chi connectivity index (χ1) is 15.9. The Morgan fingerprint density at radius 2 is 1.88 bits per heavy atom. The molecule has 0 amide bonds. The van der Waals surface area contributed by atoms with Gasteiger partial charge in [-0.2, -0.15) is 5.10 Å². The van der Waals surface area contributed by atoms with E-state index < -0.39 is 5.60 Å². The van der Waals surface area contributed by atoms with Crippen molar-refractivity contribution in [3.8, 4) is 5.69 Å². The molecule has 0 spiro atoms. The molecule has 170 valence electrons. The molecule has 2 aromatic carbocycles. The van der Waals surface area contributed by atoms with E-state index in [4.69, 9.17) is 11.6 Å². The van der Waals surface area contributed by atoms with E-state index in [1.807, 2.05) is 49.4 Å². The highest BCUT2D eigenvalue weighted by Gasteiger charge is 2.33. The molecule has 0 atom stereocenters. The van der Waals surface area contributed by atoms with E-state index in [0.29, 0.717) is 23.9 Å². The van der Waals surface area contributed by atoms with Gasteiger partial charge in [0.25, 0.3) is 5.56 Å². The molecule has 0 bridgehead atoms. The number of piperidine rings is 1. The number of para-hydroxylation sites is 1. The molecule has 1 aliphatic heterocycles. The molecule has 1 N–H and O–H groups in total.